The van der Waals surface area contributed by atoms with E-state index in [9.17, 15) is 4.79 Å². The standard InChI is InChI=1S/C16H23N3OS/c1-11(2)19(12(3)4)15(20)13(5)21-16-17-10-14-8-6-7-9-18(14)16/h6-13H,1-5H3. The van der Waals surface area contributed by atoms with Crippen molar-refractivity contribution in [3.8, 4) is 0 Å². The van der Waals surface area contributed by atoms with Crippen molar-refractivity contribution in [3.63, 3.8) is 0 Å². The molecule has 21 heavy (non-hydrogen) atoms. The molecule has 114 valence electrons. The molecule has 0 aromatic carbocycles. The van der Waals surface area contributed by atoms with E-state index in [4.69, 9.17) is 0 Å². The summed E-state index contributed by atoms with van der Waals surface area (Å²) in [4.78, 5) is 19.0. The highest BCUT2D eigenvalue weighted by atomic mass is 32.2. The Hall–Kier alpha value is -1.49. The van der Waals surface area contributed by atoms with Crippen LogP contribution in [0.3, 0.4) is 0 Å². The molecule has 0 spiro atoms. The van der Waals surface area contributed by atoms with E-state index in [0.717, 1.165) is 10.7 Å². The Morgan fingerprint density at radius 1 is 1.19 bits per heavy atom. The van der Waals surface area contributed by atoms with Crippen molar-refractivity contribution < 1.29 is 4.79 Å². The number of amides is 1. The van der Waals surface area contributed by atoms with Gasteiger partial charge in [-0.2, -0.15) is 0 Å². The first-order valence-electron chi connectivity index (χ1n) is 7.32. The predicted molar refractivity (Wildman–Crippen MR) is 87.6 cm³/mol. The zero-order chi connectivity index (χ0) is 15.6. The molecule has 0 radical (unpaired) electrons. The maximum Gasteiger partial charge on any atom is 0.236 e. The van der Waals surface area contributed by atoms with E-state index < -0.39 is 0 Å². The largest absolute Gasteiger partial charge is 0.337 e. The van der Waals surface area contributed by atoms with Gasteiger partial charge in [0, 0.05) is 18.3 Å². The molecule has 2 heterocycles. The molecule has 0 bridgehead atoms. The topological polar surface area (TPSA) is 37.6 Å². The van der Waals surface area contributed by atoms with Crippen LogP contribution in [0, 0.1) is 0 Å². The monoisotopic (exact) mass is 305 g/mol. The molecule has 2 aromatic rings. The quantitative estimate of drug-likeness (QED) is 0.794. The van der Waals surface area contributed by atoms with Crippen LogP contribution in [0.4, 0.5) is 0 Å². The van der Waals surface area contributed by atoms with Gasteiger partial charge < -0.3 is 4.90 Å². The van der Waals surface area contributed by atoms with Crippen molar-refractivity contribution in [1.82, 2.24) is 14.3 Å². The Morgan fingerprint density at radius 2 is 1.86 bits per heavy atom. The second-order valence-electron chi connectivity index (χ2n) is 5.73. The van der Waals surface area contributed by atoms with Crippen LogP contribution in [0.1, 0.15) is 34.6 Å². The molecule has 1 atom stereocenters. The van der Waals surface area contributed by atoms with Crippen molar-refractivity contribution in [2.45, 2.75) is 57.1 Å². The SMILES string of the molecule is CC(Sc1ncc2ccccn12)C(=O)N(C(C)C)C(C)C. The number of hydrogen-bond donors (Lipinski definition) is 0. The Kier molecular flexibility index (Phi) is 4.93. The van der Waals surface area contributed by atoms with E-state index in [1.165, 1.54) is 11.8 Å². The van der Waals surface area contributed by atoms with Crippen LogP contribution in [0.25, 0.3) is 5.52 Å². The molecule has 0 N–H and O–H groups in total. The number of rotatable bonds is 5. The highest BCUT2D eigenvalue weighted by molar-refractivity contribution is 8.00. The summed E-state index contributed by atoms with van der Waals surface area (Å²) < 4.78 is 2.02. The van der Waals surface area contributed by atoms with Gasteiger partial charge in [0.25, 0.3) is 0 Å². The number of thioether (sulfide) groups is 1. The number of aromatic nitrogens is 2. The second-order valence-corrected chi connectivity index (χ2v) is 7.04. The fourth-order valence-electron chi connectivity index (χ4n) is 2.53. The molecule has 0 fully saturated rings. The van der Waals surface area contributed by atoms with Crippen LogP contribution >= 0.6 is 11.8 Å². The fourth-order valence-corrected chi connectivity index (χ4v) is 3.46. The lowest BCUT2D eigenvalue weighted by Gasteiger charge is -2.32. The van der Waals surface area contributed by atoms with Crippen LogP contribution < -0.4 is 0 Å². The van der Waals surface area contributed by atoms with E-state index in [1.807, 2.05) is 46.8 Å². The third-order valence-electron chi connectivity index (χ3n) is 3.40. The van der Waals surface area contributed by atoms with Crippen LogP contribution in [-0.2, 0) is 4.79 Å². The number of imidazole rings is 1. The Balaban J connectivity index is 2.17. The first-order valence-corrected chi connectivity index (χ1v) is 8.20. The number of carbonyl (C=O) groups is 1. The van der Waals surface area contributed by atoms with Crippen LogP contribution in [-0.4, -0.2) is 37.5 Å². The summed E-state index contributed by atoms with van der Waals surface area (Å²) in [6, 6.07) is 6.38. The summed E-state index contributed by atoms with van der Waals surface area (Å²) in [5.41, 5.74) is 1.05. The maximum atomic E-state index is 12.7. The zero-order valence-corrected chi connectivity index (χ0v) is 14.1. The van der Waals surface area contributed by atoms with Gasteiger partial charge >= 0.3 is 0 Å². The zero-order valence-electron chi connectivity index (χ0n) is 13.3. The van der Waals surface area contributed by atoms with Gasteiger partial charge in [-0.1, -0.05) is 17.8 Å². The van der Waals surface area contributed by atoms with E-state index >= 15 is 0 Å². The van der Waals surface area contributed by atoms with Crippen LogP contribution in [0.2, 0.25) is 0 Å². The van der Waals surface area contributed by atoms with Gasteiger partial charge in [-0.05, 0) is 46.8 Å². The molecule has 4 nitrogen and oxygen atoms in total. The Labute approximate surface area is 130 Å². The molecule has 0 saturated carbocycles. The fraction of sp³-hybridized carbons (Fsp3) is 0.500. The van der Waals surface area contributed by atoms with E-state index in [1.54, 1.807) is 0 Å². The predicted octanol–water partition coefficient (Wildman–Crippen LogP) is 3.46. The molecule has 1 amide bonds. The first-order chi connectivity index (χ1) is 9.91. The third kappa shape index (κ3) is 3.40. The number of fused-ring (bicyclic) bond motifs is 1. The van der Waals surface area contributed by atoms with Crippen molar-refractivity contribution in [1.29, 1.82) is 0 Å². The molecule has 0 aliphatic carbocycles. The van der Waals surface area contributed by atoms with Crippen molar-refractivity contribution >= 4 is 23.2 Å². The van der Waals surface area contributed by atoms with Crippen molar-refractivity contribution in [2.75, 3.05) is 0 Å². The molecular formula is C16H23N3OS. The van der Waals surface area contributed by atoms with E-state index in [-0.39, 0.29) is 23.2 Å². The lowest BCUT2D eigenvalue weighted by atomic mass is 10.2. The Bertz CT molecular complexity index is 613. The molecule has 2 rings (SSSR count). The van der Waals surface area contributed by atoms with Crippen molar-refractivity contribution in [3.05, 3.63) is 30.6 Å². The van der Waals surface area contributed by atoms with Gasteiger partial charge in [0.15, 0.2) is 5.16 Å². The van der Waals surface area contributed by atoms with Gasteiger partial charge in [0.2, 0.25) is 5.91 Å². The summed E-state index contributed by atoms with van der Waals surface area (Å²) in [5, 5.41) is 0.708. The minimum Gasteiger partial charge on any atom is -0.337 e. The minimum atomic E-state index is -0.152. The van der Waals surface area contributed by atoms with E-state index in [2.05, 4.69) is 32.7 Å². The second kappa shape index (κ2) is 6.52. The lowest BCUT2D eigenvalue weighted by Crippen LogP contribution is -2.45. The lowest BCUT2D eigenvalue weighted by molar-refractivity contribution is -0.133. The normalized spacial score (nSPS) is 13.1. The number of hydrogen-bond acceptors (Lipinski definition) is 3. The number of carbonyl (C=O) groups excluding carboxylic acids is 1. The highest BCUT2D eigenvalue weighted by Gasteiger charge is 2.26. The molecule has 1 unspecified atom stereocenters. The number of pyridine rings is 1. The van der Waals surface area contributed by atoms with Gasteiger partial charge in [-0.15, -0.1) is 0 Å². The average molecular weight is 305 g/mol. The summed E-state index contributed by atoms with van der Waals surface area (Å²) >= 11 is 1.51. The van der Waals surface area contributed by atoms with Crippen LogP contribution in [0.15, 0.2) is 35.7 Å². The Morgan fingerprint density at radius 3 is 2.48 bits per heavy atom. The molecular weight excluding hydrogens is 282 g/mol. The summed E-state index contributed by atoms with van der Waals surface area (Å²) in [5.74, 6) is 0.165. The molecule has 0 aliphatic rings. The summed E-state index contributed by atoms with van der Waals surface area (Å²) in [6.07, 6.45) is 3.81. The smallest absolute Gasteiger partial charge is 0.236 e. The van der Waals surface area contributed by atoms with Gasteiger partial charge in [0.1, 0.15) is 0 Å². The van der Waals surface area contributed by atoms with Crippen molar-refractivity contribution in [2.24, 2.45) is 0 Å². The molecule has 2 aromatic heterocycles. The number of nitrogens with zero attached hydrogens (tertiary/aromatic N) is 3. The maximum absolute atomic E-state index is 12.7. The summed E-state index contributed by atoms with van der Waals surface area (Å²) in [7, 11) is 0. The van der Waals surface area contributed by atoms with Gasteiger partial charge in [0.05, 0.1) is 17.0 Å². The minimum absolute atomic E-state index is 0.152. The average Bonchev–Trinajstić information content (AvgIpc) is 2.81. The van der Waals surface area contributed by atoms with Crippen LogP contribution in [0.5, 0.6) is 0 Å². The van der Waals surface area contributed by atoms with Gasteiger partial charge in [-0.3, -0.25) is 9.20 Å². The summed E-state index contributed by atoms with van der Waals surface area (Å²) in [6.45, 7) is 10.2. The van der Waals surface area contributed by atoms with E-state index in [0.29, 0.717) is 0 Å². The molecule has 5 heteroatoms. The third-order valence-corrected chi connectivity index (χ3v) is 4.47. The first kappa shape index (κ1) is 15.9. The molecule has 0 saturated heterocycles. The highest BCUT2D eigenvalue weighted by Crippen LogP contribution is 2.25. The molecule has 0 aliphatic heterocycles. The van der Waals surface area contributed by atoms with Gasteiger partial charge in [-0.25, -0.2) is 4.98 Å².